The van der Waals surface area contributed by atoms with E-state index in [-0.39, 0.29) is 5.91 Å². The molecule has 25 heavy (non-hydrogen) atoms. The van der Waals surface area contributed by atoms with E-state index in [9.17, 15) is 9.59 Å². The first-order valence-electron chi connectivity index (χ1n) is 8.29. The largest absolute Gasteiger partial charge is 0.420 e. The summed E-state index contributed by atoms with van der Waals surface area (Å²) in [6.07, 6.45) is 0. The Morgan fingerprint density at radius 3 is 2.64 bits per heavy atom. The number of carbonyl (C=O) groups excluding carboxylic acids is 1. The maximum atomic E-state index is 12.8. The highest BCUT2D eigenvalue weighted by molar-refractivity contribution is 5.82. The Morgan fingerprint density at radius 1 is 1.20 bits per heavy atom. The van der Waals surface area contributed by atoms with Gasteiger partial charge in [0.1, 0.15) is 6.04 Å². The molecule has 0 saturated heterocycles. The molecule has 1 atom stereocenters. The zero-order valence-electron chi connectivity index (χ0n) is 14.9. The third kappa shape index (κ3) is 3.22. The first kappa shape index (κ1) is 17.0. The maximum Gasteiger partial charge on any atom is 0.420 e. The molecule has 5 heteroatoms. The molecule has 1 heterocycles. The van der Waals surface area contributed by atoms with Crippen molar-refractivity contribution >= 4 is 17.0 Å². The molecule has 0 bridgehead atoms. The van der Waals surface area contributed by atoms with Crippen molar-refractivity contribution < 1.29 is 9.21 Å². The van der Waals surface area contributed by atoms with Crippen molar-refractivity contribution in [2.75, 3.05) is 7.05 Å². The Bertz CT molecular complexity index is 984. The van der Waals surface area contributed by atoms with Gasteiger partial charge in [-0.3, -0.25) is 9.36 Å². The molecule has 0 N–H and O–H groups in total. The van der Waals surface area contributed by atoms with Crippen LogP contribution in [0.2, 0.25) is 0 Å². The molecule has 0 aliphatic heterocycles. The fourth-order valence-corrected chi connectivity index (χ4v) is 3.14. The van der Waals surface area contributed by atoms with Gasteiger partial charge in [-0.05, 0) is 44.0 Å². The molecule has 1 amide bonds. The first-order chi connectivity index (χ1) is 11.9. The Morgan fingerprint density at radius 2 is 1.92 bits per heavy atom. The normalized spacial score (nSPS) is 12.3. The van der Waals surface area contributed by atoms with E-state index in [1.165, 1.54) is 10.1 Å². The van der Waals surface area contributed by atoms with Crippen molar-refractivity contribution in [2.45, 2.75) is 33.4 Å². The van der Waals surface area contributed by atoms with E-state index < -0.39 is 11.8 Å². The van der Waals surface area contributed by atoms with Crippen LogP contribution in [0.4, 0.5) is 0 Å². The van der Waals surface area contributed by atoms with Crippen molar-refractivity contribution in [1.29, 1.82) is 0 Å². The summed E-state index contributed by atoms with van der Waals surface area (Å²) in [5, 5.41) is 0. The third-order valence-corrected chi connectivity index (χ3v) is 4.55. The van der Waals surface area contributed by atoms with Gasteiger partial charge < -0.3 is 9.32 Å². The summed E-state index contributed by atoms with van der Waals surface area (Å²) in [6.45, 7) is 6.31. The second-order valence-corrected chi connectivity index (χ2v) is 6.51. The number of fused-ring (bicyclic) bond motifs is 1. The molecular formula is C20H22N2O3. The second-order valence-electron chi connectivity index (χ2n) is 6.51. The van der Waals surface area contributed by atoms with Crippen molar-refractivity contribution in [2.24, 2.45) is 0 Å². The molecule has 0 spiro atoms. The molecule has 3 rings (SSSR count). The van der Waals surface area contributed by atoms with Crippen LogP contribution in [0.15, 0.2) is 51.7 Å². The summed E-state index contributed by atoms with van der Waals surface area (Å²) in [5.41, 5.74) is 4.56. The third-order valence-electron chi connectivity index (χ3n) is 4.55. The summed E-state index contributed by atoms with van der Waals surface area (Å²) >= 11 is 0. The number of nitrogens with zero attached hydrogens (tertiary/aromatic N) is 2. The summed E-state index contributed by atoms with van der Waals surface area (Å²) in [4.78, 5) is 26.7. The number of aryl methyl sites for hydroxylation is 2. The van der Waals surface area contributed by atoms with Crippen LogP contribution in [0.25, 0.3) is 11.1 Å². The van der Waals surface area contributed by atoms with Gasteiger partial charge in [-0.1, -0.05) is 35.9 Å². The topological polar surface area (TPSA) is 55.5 Å². The summed E-state index contributed by atoms with van der Waals surface area (Å²) < 4.78 is 6.65. The number of aromatic nitrogens is 1. The fourth-order valence-electron chi connectivity index (χ4n) is 3.14. The van der Waals surface area contributed by atoms with Gasteiger partial charge in [0.2, 0.25) is 5.91 Å². The van der Waals surface area contributed by atoms with Crippen LogP contribution in [0.1, 0.15) is 29.7 Å². The molecule has 0 unspecified atom stereocenters. The number of likely N-dealkylation sites (N-methyl/N-ethyl adjacent to an activating group) is 1. The second kappa shape index (κ2) is 6.59. The van der Waals surface area contributed by atoms with Crippen LogP contribution in [-0.4, -0.2) is 22.4 Å². The molecule has 0 aliphatic carbocycles. The van der Waals surface area contributed by atoms with Crippen molar-refractivity contribution in [3.8, 4) is 0 Å². The molecule has 1 aromatic heterocycles. The van der Waals surface area contributed by atoms with Gasteiger partial charge in [-0.2, -0.15) is 0 Å². The Labute approximate surface area is 146 Å². The lowest BCUT2D eigenvalue weighted by molar-refractivity contribution is -0.133. The predicted octanol–water partition coefficient (Wildman–Crippen LogP) is 3.43. The molecule has 0 radical (unpaired) electrons. The summed E-state index contributed by atoms with van der Waals surface area (Å²) in [7, 11) is 1.76. The van der Waals surface area contributed by atoms with Gasteiger partial charge in [0.05, 0.1) is 5.52 Å². The standard InChI is InChI=1S/C20H22N2O3/c1-13-9-10-16(14(2)11-13)12-21(4)19(23)15(3)22-17-7-5-6-8-18(17)25-20(22)24/h5-11,15H,12H2,1-4H3/t15-/m0/s1. The van der Waals surface area contributed by atoms with Crippen LogP contribution in [0, 0.1) is 13.8 Å². The van der Waals surface area contributed by atoms with E-state index >= 15 is 0 Å². The quantitative estimate of drug-likeness (QED) is 0.732. The molecule has 130 valence electrons. The fraction of sp³-hybridized carbons (Fsp3) is 0.300. The van der Waals surface area contributed by atoms with Gasteiger partial charge in [0.15, 0.2) is 5.58 Å². The molecule has 5 nitrogen and oxygen atoms in total. The minimum absolute atomic E-state index is 0.131. The van der Waals surface area contributed by atoms with Gasteiger partial charge in [0, 0.05) is 13.6 Å². The number of rotatable bonds is 4. The van der Waals surface area contributed by atoms with Gasteiger partial charge >= 0.3 is 5.76 Å². The van der Waals surface area contributed by atoms with Crippen molar-refractivity contribution in [3.05, 3.63) is 69.7 Å². The van der Waals surface area contributed by atoms with Crippen molar-refractivity contribution in [1.82, 2.24) is 9.47 Å². The number of benzene rings is 2. The maximum absolute atomic E-state index is 12.8. The Balaban J connectivity index is 1.86. The predicted molar refractivity (Wildman–Crippen MR) is 97.6 cm³/mol. The van der Waals surface area contributed by atoms with Gasteiger partial charge in [-0.15, -0.1) is 0 Å². The lowest BCUT2D eigenvalue weighted by Crippen LogP contribution is -2.35. The molecule has 3 aromatic rings. The van der Waals surface area contributed by atoms with Crippen LogP contribution in [-0.2, 0) is 11.3 Å². The van der Waals surface area contributed by atoms with Crippen LogP contribution < -0.4 is 5.76 Å². The van der Waals surface area contributed by atoms with E-state index in [1.54, 1.807) is 37.1 Å². The van der Waals surface area contributed by atoms with E-state index in [1.807, 2.05) is 32.0 Å². The SMILES string of the molecule is Cc1ccc(CN(C)C(=O)[C@H](C)n2c(=O)oc3ccccc32)c(C)c1. The number of oxazole rings is 1. The average molecular weight is 338 g/mol. The average Bonchev–Trinajstić information content (AvgIpc) is 2.91. The lowest BCUT2D eigenvalue weighted by atomic mass is 10.1. The molecule has 2 aromatic carbocycles. The number of para-hydroxylation sites is 2. The zero-order valence-corrected chi connectivity index (χ0v) is 14.9. The highest BCUT2D eigenvalue weighted by Gasteiger charge is 2.24. The number of hydrogen-bond donors (Lipinski definition) is 0. The first-order valence-corrected chi connectivity index (χ1v) is 8.29. The smallest absolute Gasteiger partial charge is 0.408 e. The minimum Gasteiger partial charge on any atom is -0.408 e. The Hall–Kier alpha value is -2.82. The minimum atomic E-state index is -0.632. The number of hydrogen-bond acceptors (Lipinski definition) is 3. The monoisotopic (exact) mass is 338 g/mol. The lowest BCUT2D eigenvalue weighted by Gasteiger charge is -2.23. The number of carbonyl (C=O) groups is 1. The molecule has 0 fully saturated rings. The highest BCUT2D eigenvalue weighted by Crippen LogP contribution is 2.19. The summed E-state index contributed by atoms with van der Waals surface area (Å²) in [6, 6.07) is 12.7. The molecule has 0 saturated carbocycles. The summed E-state index contributed by atoms with van der Waals surface area (Å²) in [5.74, 6) is -0.643. The molecule has 0 aliphatic rings. The van der Waals surface area contributed by atoms with Crippen LogP contribution in [0.5, 0.6) is 0 Å². The van der Waals surface area contributed by atoms with Gasteiger partial charge in [0.25, 0.3) is 0 Å². The number of amides is 1. The van der Waals surface area contributed by atoms with E-state index in [0.29, 0.717) is 17.6 Å². The van der Waals surface area contributed by atoms with Crippen LogP contribution in [0.3, 0.4) is 0 Å². The van der Waals surface area contributed by atoms with E-state index in [0.717, 1.165) is 11.1 Å². The molecular weight excluding hydrogens is 316 g/mol. The van der Waals surface area contributed by atoms with Crippen LogP contribution >= 0.6 is 0 Å². The van der Waals surface area contributed by atoms with E-state index in [4.69, 9.17) is 4.42 Å². The zero-order chi connectivity index (χ0) is 18.1. The van der Waals surface area contributed by atoms with Gasteiger partial charge in [-0.25, -0.2) is 4.79 Å². The highest BCUT2D eigenvalue weighted by atomic mass is 16.4. The van der Waals surface area contributed by atoms with Crippen molar-refractivity contribution in [3.63, 3.8) is 0 Å². The Kier molecular flexibility index (Phi) is 4.49. The van der Waals surface area contributed by atoms with E-state index in [2.05, 4.69) is 6.07 Å².